The molecule has 0 fully saturated rings. The normalized spacial score (nSPS) is 10.2. The Kier molecular flexibility index (Phi) is 10.5. The van der Waals surface area contributed by atoms with Gasteiger partial charge in [0.1, 0.15) is 11.5 Å². The third kappa shape index (κ3) is 8.36. The average molecular weight is 319 g/mol. The van der Waals surface area contributed by atoms with E-state index < -0.39 is 0 Å². The summed E-state index contributed by atoms with van der Waals surface area (Å²) in [6.45, 7) is 5.70. The molecule has 0 aromatic heterocycles. The zero-order chi connectivity index (χ0) is 16.8. The minimum absolute atomic E-state index is 0.494. The highest BCUT2D eigenvalue weighted by Crippen LogP contribution is 2.32. The summed E-state index contributed by atoms with van der Waals surface area (Å²) in [4.78, 5) is 2.88. The molecule has 0 aliphatic heterocycles. The second-order valence-electron chi connectivity index (χ2n) is 5.64. The van der Waals surface area contributed by atoms with Crippen LogP contribution in [0.15, 0.2) is 23.3 Å². The maximum Gasteiger partial charge on any atom is 0.129 e. The van der Waals surface area contributed by atoms with Crippen LogP contribution in [-0.2, 0) is 0 Å². The molecule has 0 aliphatic carbocycles. The summed E-state index contributed by atoms with van der Waals surface area (Å²) in [5.41, 5.74) is 9.21. The van der Waals surface area contributed by atoms with Crippen LogP contribution in [-0.4, -0.2) is 13.2 Å². The second-order valence-corrected chi connectivity index (χ2v) is 5.64. The quantitative estimate of drug-likeness (QED) is 0.179. The Balaban J connectivity index is 2.50. The predicted molar refractivity (Wildman–Crippen MR) is 94.5 cm³/mol. The maximum absolute atomic E-state index is 8.71. The van der Waals surface area contributed by atoms with E-state index in [-0.39, 0.29) is 0 Å². The fourth-order valence-corrected chi connectivity index (χ4v) is 2.27. The standard InChI is InChI=1S/C18H29N3O2/c1-3-5-7-9-13-22-16-11-12-18(17(15-16)20-21-19)23-14-10-8-6-4-2/h11-12,15H,3-10,13-14H2,1-2H3. The van der Waals surface area contributed by atoms with Crippen molar-refractivity contribution in [2.75, 3.05) is 13.2 Å². The van der Waals surface area contributed by atoms with Crippen LogP contribution < -0.4 is 9.47 Å². The summed E-state index contributed by atoms with van der Waals surface area (Å²) in [6, 6.07) is 5.45. The van der Waals surface area contributed by atoms with Gasteiger partial charge in [0.15, 0.2) is 0 Å². The molecule has 0 spiro atoms. The topological polar surface area (TPSA) is 67.2 Å². The lowest BCUT2D eigenvalue weighted by Gasteiger charge is -2.11. The van der Waals surface area contributed by atoms with Crippen molar-refractivity contribution in [3.05, 3.63) is 28.6 Å². The van der Waals surface area contributed by atoms with Gasteiger partial charge in [0.25, 0.3) is 0 Å². The van der Waals surface area contributed by atoms with Crippen molar-refractivity contribution < 1.29 is 9.47 Å². The van der Waals surface area contributed by atoms with E-state index in [1.807, 2.05) is 12.1 Å². The molecule has 1 aromatic rings. The molecule has 5 nitrogen and oxygen atoms in total. The number of hydrogen-bond acceptors (Lipinski definition) is 3. The molecule has 0 heterocycles. The molecule has 0 unspecified atom stereocenters. The van der Waals surface area contributed by atoms with Gasteiger partial charge in [0.2, 0.25) is 0 Å². The van der Waals surface area contributed by atoms with Gasteiger partial charge in [-0.25, -0.2) is 0 Å². The third-order valence-electron chi connectivity index (χ3n) is 3.60. The van der Waals surface area contributed by atoms with Gasteiger partial charge in [-0.05, 0) is 36.6 Å². The summed E-state index contributed by atoms with van der Waals surface area (Å²) in [5.74, 6) is 1.35. The summed E-state index contributed by atoms with van der Waals surface area (Å²) in [5, 5.41) is 3.72. The minimum Gasteiger partial charge on any atom is -0.494 e. The molecule has 0 saturated carbocycles. The molecular formula is C18H29N3O2. The van der Waals surface area contributed by atoms with Crippen LogP contribution in [0.3, 0.4) is 0 Å². The maximum atomic E-state index is 8.71. The first-order valence-corrected chi connectivity index (χ1v) is 8.76. The number of unbranched alkanes of at least 4 members (excludes halogenated alkanes) is 6. The van der Waals surface area contributed by atoms with Crippen LogP contribution in [0.2, 0.25) is 0 Å². The first-order chi connectivity index (χ1) is 11.3. The van der Waals surface area contributed by atoms with Crippen LogP contribution >= 0.6 is 0 Å². The van der Waals surface area contributed by atoms with E-state index in [0.717, 1.165) is 25.0 Å². The Morgan fingerprint density at radius 1 is 0.913 bits per heavy atom. The first kappa shape index (κ1) is 19.2. The van der Waals surface area contributed by atoms with Crippen LogP contribution in [0.4, 0.5) is 5.69 Å². The SMILES string of the molecule is CCCCCCOc1ccc(OCCCCCC)c(N=[N+]=[N-])c1. The van der Waals surface area contributed by atoms with Crippen LogP contribution in [0.5, 0.6) is 11.5 Å². The second kappa shape index (κ2) is 12.7. The highest BCUT2D eigenvalue weighted by atomic mass is 16.5. The number of ether oxygens (including phenoxy) is 2. The average Bonchev–Trinajstić information content (AvgIpc) is 2.56. The van der Waals surface area contributed by atoms with Crippen molar-refractivity contribution in [3.8, 4) is 11.5 Å². The molecule has 128 valence electrons. The third-order valence-corrected chi connectivity index (χ3v) is 3.60. The van der Waals surface area contributed by atoms with Crippen molar-refractivity contribution in [1.82, 2.24) is 0 Å². The molecule has 0 aliphatic rings. The monoisotopic (exact) mass is 319 g/mol. The summed E-state index contributed by atoms with van der Waals surface area (Å²) in [7, 11) is 0. The van der Waals surface area contributed by atoms with Crippen LogP contribution in [0.1, 0.15) is 65.2 Å². The highest BCUT2D eigenvalue weighted by Gasteiger charge is 2.05. The summed E-state index contributed by atoms with van der Waals surface area (Å²) >= 11 is 0. The Hall–Kier alpha value is -1.87. The molecule has 0 amide bonds. The molecular weight excluding hydrogens is 290 g/mol. The molecule has 0 atom stereocenters. The number of rotatable bonds is 13. The Morgan fingerprint density at radius 2 is 1.57 bits per heavy atom. The Labute approximate surface area is 139 Å². The predicted octanol–water partition coefficient (Wildman–Crippen LogP) is 6.55. The van der Waals surface area contributed by atoms with Gasteiger partial charge in [-0.1, -0.05) is 57.5 Å². The zero-order valence-corrected chi connectivity index (χ0v) is 14.5. The molecule has 5 heteroatoms. The van der Waals surface area contributed by atoms with E-state index in [1.165, 1.54) is 32.1 Å². The number of azide groups is 1. The van der Waals surface area contributed by atoms with Crippen molar-refractivity contribution >= 4 is 5.69 Å². The minimum atomic E-state index is 0.494. The lowest BCUT2D eigenvalue weighted by Crippen LogP contribution is -1.99. The fraction of sp³-hybridized carbons (Fsp3) is 0.667. The fourth-order valence-electron chi connectivity index (χ4n) is 2.27. The lowest BCUT2D eigenvalue weighted by molar-refractivity contribution is 0.298. The molecule has 23 heavy (non-hydrogen) atoms. The van der Waals surface area contributed by atoms with Gasteiger partial charge in [0, 0.05) is 4.91 Å². The highest BCUT2D eigenvalue weighted by molar-refractivity contribution is 5.55. The zero-order valence-electron chi connectivity index (χ0n) is 14.5. The number of nitrogens with zero attached hydrogens (tertiary/aromatic N) is 3. The molecule has 1 rings (SSSR count). The lowest BCUT2D eigenvalue weighted by atomic mass is 10.2. The largest absolute Gasteiger partial charge is 0.494 e. The van der Waals surface area contributed by atoms with Gasteiger partial charge in [-0.3, -0.25) is 0 Å². The van der Waals surface area contributed by atoms with E-state index in [9.17, 15) is 0 Å². The van der Waals surface area contributed by atoms with E-state index in [2.05, 4.69) is 23.9 Å². The molecule has 0 radical (unpaired) electrons. The number of benzene rings is 1. The van der Waals surface area contributed by atoms with Gasteiger partial charge < -0.3 is 9.47 Å². The van der Waals surface area contributed by atoms with Crippen molar-refractivity contribution in [2.24, 2.45) is 5.11 Å². The summed E-state index contributed by atoms with van der Waals surface area (Å²) < 4.78 is 11.4. The van der Waals surface area contributed by atoms with Gasteiger partial charge in [-0.2, -0.15) is 0 Å². The van der Waals surface area contributed by atoms with Gasteiger partial charge in [0.05, 0.1) is 18.9 Å². The van der Waals surface area contributed by atoms with Crippen molar-refractivity contribution in [3.63, 3.8) is 0 Å². The van der Waals surface area contributed by atoms with Gasteiger partial charge in [-0.15, -0.1) is 0 Å². The van der Waals surface area contributed by atoms with Crippen LogP contribution in [0, 0.1) is 0 Å². The summed E-state index contributed by atoms with van der Waals surface area (Å²) in [6.07, 6.45) is 9.26. The number of hydrogen-bond donors (Lipinski definition) is 0. The van der Waals surface area contributed by atoms with E-state index in [0.29, 0.717) is 24.7 Å². The Bertz CT molecular complexity index is 485. The van der Waals surface area contributed by atoms with E-state index in [4.69, 9.17) is 15.0 Å². The molecule has 0 bridgehead atoms. The Morgan fingerprint density at radius 3 is 2.17 bits per heavy atom. The van der Waals surface area contributed by atoms with E-state index in [1.54, 1.807) is 6.07 Å². The molecule has 1 aromatic carbocycles. The molecule has 0 N–H and O–H groups in total. The van der Waals surface area contributed by atoms with Crippen molar-refractivity contribution in [2.45, 2.75) is 65.2 Å². The van der Waals surface area contributed by atoms with Crippen molar-refractivity contribution in [1.29, 1.82) is 0 Å². The van der Waals surface area contributed by atoms with E-state index >= 15 is 0 Å². The molecule has 0 saturated heterocycles. The first-order valence-electron chi connectivity index (χ1n) is 8.76. The van der Waals surface area contributed by atoms with Gasteiger partial charge >= 0.3 is 0 Å². The smallest absolute Gasteiger partial charge is 0.129 e. The van der Waals surface area contributed by atoms with Crippen LogP contribution in [0.25, 0.3) is 10.4 Å².